The Morgan fingerprint density at radius 2 is 0.731 bits per heavy atom. The predicted octanol–water partition coefficient (Wildman–Crippen LogP) is 7.74. The summed E-state index contributed by atoms with van der Waals surface area (Å²) in [5.41, 5.74) is 7.94. The minimum Gasteiger partial charge on any atom is -1.00 e. The first-order chi connectivity index (χ1) is 23.8. The van der Waals surface area contributed by atoms with Gasteiger partial charge in [0.1, 0.15) is 0 Å². The second-order valence-corrected chi connectivity index (χ2v) is 49.9. The molecule has 0 aliphatic heterocycles. The van der Waals surface area contributed by atoms with Crippen molar-refractivity contribution in [2.24, 2.45) is 0 Å². The SMILES string of the molecule is C[Si](C)(C)[Si](=[Zr+2])[Si](C)(C)C.Cc1cc2c(-c3cccc4ccccc34)cccc2[cH-]1.Cc1cc2c(-c3cccc4ccccc34)cccc2[cH-]1.[Cl-].[Cl-]. The van der Waals surface area contributed by atoms with E-state index >= 15 is 0 Å². The maximum atomic E-state index is 2.55. The number of benzene rings is 6. The molecule has 0 aliphatic carbocycles. The average Bonchev–Trinajstić information content (AvgIpc) is 3.68. The van der Waals surface area contributed by atoms with Crippen molar-refractivity contribution in [3.05, 3.63) is 157 Å². The molecule has 0 amide bonds. The predicted molar refractivity (Wildman–Crippen MR) is 227 cm³/mol. The monoisotopic (exact) mass is 844 g/mol. The number of fused-ring (bicyclic) bond motifs is 4. The number of halogens is 2. The summed E-state index contributed by atoms with van der Waals surface area (Å²) in [6, 6.07) is 52.5. The zero-order valence-corrected chi connectivity index (χ0v) is 38.6. The Bertz CT molecular complexity index is 2280. The van der Waals surface area contributed by atoms with Crippen molar-refractivity contribution in [1.29, 1.82) is 0 Å². The van der Waals surface area contributed by atoms with Crippen molar-refractivity contribution in [3.63, 3.8) is 0 Å². The van der Waals surface area contributed by atoms with Gasteiger partial charge < -0.3 is 24.8 Å². The Labute approximate surface area is 340 Å². The second-order valence-electron chi connectivity index (χ2n) is 15.6. The molecule has 0 saturated carbocycles. The second kappa shape index (κ2) is 17.5. The van der Waals surface area contributed by atoms with Crippen molar-refractivity contribution < 1.29 is 48.1 Å². The zero-order chi connectivity index (χ0) is 35.6. The number of aryl methyl sites for hydroxylation is 2. The Morgan fingerprint density at radius 3 is 1.08 bits per heavy atom. The third-order valence-corrected chi connectivity index (χ3v) is 68.1. The van der Waals surface area contributed by atoms with E-state index in [2.05, 4.69) is 199 Å². The molecule has 0 saturated heterocycles. The maximum absolute atomic E-state index is 2.55. The summed E-state index contributed by atoms with van der Waals surface area (Å²) in [6.45, 7) is 19.6. The normalized spacial score (nSPS) is 11.3. The molecule has 0 N–H and O–H groups in total. The van der Waals surface area contributed by atoms with Crippen molar-refractivity contribution in [3.8, 4) is 22.3 Å². The first kappa shape index (κ1) is 41.9. The van der Waals surface area contributed by atoms with E-state index < -0.39 is 15.2 Å². The van der Waals surface area contributed by atoms with Gasteiger partial charge in [-0.05, 0) is 32.7 Å². The van der Waals surface area contributed by atoms with Gasteiger partial charge in [-0.25, -0.2) is 0 Å². The summed E-state index contributed by atoms with van der Waals surface area (Å²) in [7, 11) is -1.38. The average molecular weight is 847 g/mol. The van der Waals surface area contributed by atoms with Crippen LogP contribution in [0.5, 0.6) is 0 Å². The smallest absolute Gasteiger partial charge is 0.0114 e. The fraction of sp³-hybridized carbons (Fsp3) is 0.174. The molecule has 0 spiro atoms. The molecule has 8 aromatic rings. The van der Waals surface area contributed by atoms with Gasteiger partial charge in [0.05, 0.1) is 0 Å². The Balaban J connectivity index is 0.000000182. The fourth-order valence-electron chi connectivity index (χ4n) is 7.28. The molecule has 0 fully saturated rings. The van der Waals surface area contributed by atoms with E-state index in [4.69, 9.17) is 0 Å². The van der Waals surface area contributed by atoms with Crippen molar-refractivity contribution in [2.45, 2.75) is 53.1 Å². The molecule has 264 valence electrons. The molecule has 0 nitrogen and oxygen atoms in total. The van der Waals surface area contributed by atoms with Gasteiger partial charge >= 0.3 is 82.3 Å². The van der Waals surface area contributed by atoms with E-state index in [9.17, 15) is 0 Å². The Hall–Kier alpha value is -2.83. The van der Waals surface area contributed by atoms with Crippen LogP contribution in [0.3, 0.4) is 0 Å². The van der Waals surface area contributed by atoms with E-state index in [0.717, 1.165) is 0 Å². The Morgan fingerprint density at radius 1 is 0.423 bits per heavy atom. The van der Waals surface area contributed by atoms with Crippen molar-refractivity contribution >= 4 is 62.7 Å². The first-order valence-electron chi connectivity index (χ1n) is 17.7. The Kier molecular flexibility index (Phi) is 14.1. The van der Waals surface area contributed by atoms with E-state index in [1.807, 2.05) is 23.3 Å². The van der Waals surface area contributed by atoms with Crippen LogP contribution in [0.4, 0.5) is 0 Å². The molecular weight excluding hydrogens is 799 g/mol. The zero-order valence-electron chi connectivity index (χ0n) is 31.6. The van der Waals surface area contributed by atoms with E-state index in [1.54, 1.807) is 0 Å². The van der Waals surface area contributed by atoms with Crippen LogP contribution in [0.25, 0.3) is 65.3 Å². The van der Waals surface area contributed by atoms with Gasteiger partial charge in [-0.2, -0.15) is 12.1 Å². The van der Waals surface area contributed by atoms with Crippen LogP contribution in [0.15, 0.2) is 146 Å². The molecule has 0 radical (unpaired) electrons. The van der Waals surface area contributed by atoms with E-state index in [1.165, 1.54) is 76.5 Å². The van der Waals surface area contributed by atoms with Gasteiger partial charge in [0, 0.05) is 0 Å². The van der Waals surface area contributed by atoms with Gasteiger partial charge in [0.2, 0.25) is 0 Å². The number of rotatable bonds is 4. The molecule has 0 aromatic heterocycles. The van der Waals surface area contributed by atoms with Crippen LogP contribution >= 0.6 is 0 Å². The quantitative estimate of drug-likeness (QED) is 0.126. The largest absolute Gasteiger partial charge is 1.00 e. The third-order valence-electron chi connectivity index (χ3n) is 9.45. The molecule has 0 atom stereocenters. The van der Waals surface area contributed by atoms with Crippen molar-refractivity contribution in [1.82, 2.24) is 0 Å². The van der Waals surface area contributed by atoms with Crippen molar-refractivity contribution in [2.75, 3.05) is 0 Å². The molecule has 8 aromatic carbocycles. The fourth-order valence-corrected chi connectivity index (χ4v) is 36.5. The summed E-state index contributed by atoms with van der Waals surface area (Å²) in [5, 5.41) is 10.6. The molecular formula is C46H48Cl2Si3Zr-2. The summed E-state index contributed by atoms with van der Waals surface area (Å²) < 4.78 is 0.147. The first-order valence-corrected chi connectivity index (χ1v) is 31.9. The number of hydrogen-bond acceptors (Lipinski definition) is 0. The number of hydrogen-bond donors (Lipinski definition) is 0. The van der Waals surface area contributed by atoms with Gasteiger partial charge in [-0.3, -0.25) is 0 Å². The molecule has 0 unspecified atom stereocenters. The van der Waals surface area contributed by atoms with Crippen LogP contribution in [-0.2, 0) is 23.3 Å². The molecule has 0 bridgehead atoms. The summed E-state index contributed by atoms with van der Waals surface area (Å²) in [5.74, 6) is 0. The molecule has 8 rings (SSSR count). The van der Waals surface area contributed by atoms with Crippen LogP contribution in [0.1, 0.15) is 11.1 Å². The topological polar surface area (TPSA) is 0 Å². The molecule has 6 heteroatoms. The van der Waals surface area contributed by atoms with E-state index in [-0.39, 0.29) is 29.3 Å². The van der Waals surface area contributed by atoms with Crippen LogP contribution in [0.2, 0.25) is 39.3 Å². The van der Waals surface area contributed by atoms with Crippen LogP contribution in [0, 0.1) is 13.8 Å². The van der Waals surface area contributed by atoms with E-state index in [0.29, 0.717) is 0 Å². The molecule has 52 heavy (non-hydrogen) atoms. The molecule has 0 aliphatic rings. The summed E-state index contributed by atoms with van der Waals surface area (Å²) in [4.78, 5) is 0. The molecule has 0 heterocycles. The van der Waals surface area contributed by atoms with Gasteiger partial charge in [0.15, 0.2) is 0 Å². The minimum atomic E-state index is -0.692. The van der Waals surface area contributed by atoms with Crippen LogP contribution in [-0.4, -0.2) is 19.7 Å². The minimum absolute atomic E-state index is 0. The summed E-state index contributed by atoms with van der Waals surface area (Å²) in [6.07, 6.45) is 0. The third kappa shape index (κ3) is 9.45. The van der Waals surface area contributed by atoms with Crippen LogP contribution < -0.4 is 24.8 Å². The van der Waals surface area contributed by atoms with Gasteiger partial charge in [-0.15, -0.1) is 69.1 Å². The van der Waals surface area contributed by atoms with Gasteiger partial charge in [-0.1, -0.05) is 122 Å². The maximum Gasteiger partial charge on any atom is -0.0114 e. The standard InChI is InChI=1S/2C20H15.C6H18Si3.2ClH.Zr/c2*1-14-12-16-8-5-11-19(20(16)13-14)18-10-4-7-15-6-2-3-9-17(15)18;1-8(2,3)7-9(4,5)6;;;/h2*2-13H,1H3;1-6H3;2*1H;/q2*-1;;;;+2/p-2. The summed E-state index contributed by atoms with van der Waals surface area (Å²) >= 11 is 1.89. The van der Waals surface area contributed by atoms with Gasteiger partial charge in [0.25, 0.3) is 0 Å².